The van der Waals surface area contributed by atoms with Crippen molar-refractivity contribution in [2.24, 2.45) is 0 Å². The first kappa shape index (κ1) is 13.2. The molecule has 1 heterocycles. The summed E-state index contributed by atoms with van der Waals surface area (Å²) in [6.07, 6.45) is -8.11. The van der Waals surface area contributed by atoms with Crippen LogP contribution in [-0.4, -0.2) is 12.1 Å². The zero-order chi connectivity index (χ0) is 13.2. The van der Waals surface area contributed by atoms with Gasteiger partial charge in [0.2, 0.25) is 5.88 Å². The molecule has 1 aromatic heterocycles. The van der Waals surface area contributed by atoms with Gasteiger partial charge in [-0.1, -0.05) is 0 Å². The summed E-state index contributed by atoms with van der Waals surface area (Å²) in [6, 6.07) is 1.38. The Hall–Kier alpha value is -1.91. The summed E-state index contributed by atoms with van der Waals surface area (Å²) < 4.78 is 66.6. The second-order valence-electron chi connectivity index (χ2n) is 2.89. The van der Waals surface area contributed by atoms with E-state index in [2.05, 4.69) is 9.72 Å². The lowest BCUT2D eigenvalue weighted by Gasteiger charge is -2.12. The van der Waals surface area contributed by atoms with Gasteiger partial charge < -0.3 is 4.74 Å². The maximum atomic E-state index is 12.5. The van der Waals surface area contributed by atoms with E-state index in [4.69, 9.17) is 5.26 Å². The van der Waals surface area contributed by atoms with E-state index in [0.29, 0.717) is 0 Å². The Bertz CT molecular complexity index is 464. The van der Waals surface area contributed by atoms with Crippen LogP contribution in [0.5, 0.6) is 5.88 Å². The third-order valence-electron chi connectivity index (χ3n) is 1.84. The Kier molecular flexibility index (Phi) is 3.50. The van der Waals surface area contributed by atoms with E-state index in [-0.39, 0.29) is 6.07 Å². The van der Waals surface area contributed by atoms with E-state index in [1.165, 1.54) is 6.07 Å². The summed E-state index contributed by atoms with van der Waals surface area (Å²) in [6.45, 7) is 0. The zero-order valence-electron chi connectivity index (χ0n) is 8.35. The molecule has 0 saturated heterocycles. The first-order chi connectivity index (χ1) is 7.81. The van der Waals surface area contributed by atoms with Crippen molar-refractivity contribution in [2.75, 3.05) is 7.11 Å². The van der Waals surface area contributed by atoms with Gasteiger partial charge in [0.05, 0.1) is 12.7 Å². The van der Waals surface area contributed by atoms with Crippen molar-refractivity contribution in [3.63, 3.8) is 0 Å². The van der Waals surface area contributed by atoms with E-state index < -0.39 is 35.3 Å². The lowest BCUT2D eigenvalue weighted by Crippen LogP contribution is -2.11. The van der Waals surface area contributed by atoms with Crippen LogP contribution in [-0.2, 0) is 6.18 Å². The Morgan fingerprint density at radius 3 is 2.35 bits per heavy atom. The van der Waals surface area contributed by atoms with Crippen molar-refractivity contribution >= 4 is 0 Å². The third kappa shape index (κ3) is 2.61. The maximum absolute atomic E-state index is 12.5. The SMILES string of the molecule is COc1nc(C(F)F)cc(C(F)(F)F)c1C#N. The number of hydrogen-bond donors (Lipinski definition) is 0. The molecule has 92 valence electrons. The van der Waals surface area contributed by atoms with Crippen molar-refractivity contribution < 1.29 is 26.7 Å². The van der Waals surface area contributed by atoms with Gasteiger partial charge >= 0.3 is 6.18 Å². The predicted molar refractivity (Wildman–Crippen MR) is 45.5 cm³/mol. The molecule has 0 atom stereocenters. The molecule has 0 aliphatic carbocycles. The van der Waals surface area contributed by atoms with Gasteiger partial charge in [-0.25, -0.2) is 13.8 Å². The average Bonchev–Trinajstić information content (AvgIpc) is 2.25. The van der Waals surface area contributed by atoms with Crippen LogP contribution in [0.1, 0.15) is 23.2 Å². The first-order valence-electron chi connectivity index (χ1n) is 4.15. The highest BCUT2D eigenvalue weighted by molar-refractivity contribution is 5.47. The van der Waals surface area contributed by atoms with Crippen LogP contribution in [0, 0.1) is 11.3 Å². The Labute approximate surface area is 92.4 Å². The number of halogens is 5. The predicted octanol–water partition coefficient (Wildman–Crippen LogP) is 2.92. The number of hydrogen-bond acceptors (Lipinski definition) is 3. The summed E-state index contributed by atoms with van der Waals surface area (Å²) in [5.74, 6) is -0.766. The fourth-order valence-electron chi connectivity index (χ4n) is 1.13. The molecule has 0 saturated carbocycles. The molecule has 0 aliphatic rings. The summed E-state index contributed by atoms with van der Waals surface area (Å²) in [5.41, 5.74) is -3.49. The van der Waals surface area contributed by atoms with Gasteiger partial charge in [-0.05, 0) is 6.07 Å². The largest absolute Gasteiger partial charge is 0.480 e. The molecule has 17 heavy (non-hydrogen) atoms. The number of nitrogens with zero attached hydrogens (tertiary/aromatic N) is 2. The minimum Gasteiger partial charge on any atom is -0.480 e. The van der Waals surface area contributed by atoms with Gasteiger partial charge in [0.25, 0.3) is 6.43 Å². The standard InChI is InChI=1S/C9H5F5N2O/c1-17-8-4(3-15)5(9(12,13)14)2-6(16-8)7(10)11/h2,7H,1H3. The highest BCUT2D eigenvalue weighted by Gasteiger charge is 2.37. The number of ether oxygens (including phenoxy) is 1. The molecule has 1 aromatic rings. The molecular weight excluding hydrogens is 247 g/mol. The molecule has 0 radical (unpaired) electrons. The number of aromatic nitrogens is 1. The van der Waals surface area contributed by atoms with Crippen LogP contribution in [0.3, 0.4) is 0 Å². The summed E-state index contributed by atoms with van der Waals surface area (Å²) in [7, 11) is 0.943. The smallest absolute Gasteiger partial charge is 0.417 e. The number of alkyl halides is 5. The highest BCUT2D eigenvalue weighted by Crippen LogP contribution is 2.36. The van der Waals surface area contributed by atoms with Crippen molar-refractivity contribution in [1.82, 2.24) is 4.98 Å². The fraction of sp³-hybridized carbons (Fsp3) is 0.333. The van der Waals surface area contributed by atoms with Crippen LogP contribution in [0.15, 0.2) is 6.07 Å². The van der Waals surface area contributed by atoms with Gasteiger partial charge in [0, 0.05) is 0 Å². The Morgan fingerprint density at radius 2 is 2.00 bits per heavy atom. The lowest BCUT2D eigenvalue weighted by atomic mass is 10.1. The minimum absolute atomic E-state index is 0.145. The molecule has 0 aliphatic heterocycles. The molecule has 0 aromatic carbocycles. The second kappa shape index (κ2) is 4.53. The van der Waals surface area contributed by atoms with Crippen molar-refractivity contribution in [3.8, 4) is 11.9 Å². The minimum atomic E-state index is -4.93. The zero-order valence-corrected chi connectivity index (χ0v) is 8.35. The molecule has 0 bridgehead atoms. The molecule has 3 nitrogen and oxygen atoms in total. The van der Waals surface area contributed by atoms with E-state index in [9.17, 15) is 22.0 Å². The molecule has 1 rings (SSSR count). The van der Waals surface area contributed by atoms with Crippen molar-refractivity contribution in [3.05, 3.63) is 22.9 Å². The monoisotopic (exact) mass is 252 g/mol. The second-order valence-corrected chi connectivity index (χ2v) is 2.89. The van der Waals surface area contributed by atoms with Crippen LogP contribution >= 0.6 is 0 Å². The number of rotatable bonds is 2. The Balaban J connectivity index is 3.56. The highest BCUT2D eigenvalue weighted by atomic mass is 19.4. The average molecular weight is 252 g/mol. The lowest BCUT2D eigenvalue weighted by molar-refractivity contribution is -0.138. The third-order valence-corrected chi connectivity index (χ3v) is 1.84. The quantitative estimate of drug-likeness (QED) is 0.760. The van der Waals surface area contributed by atoms with Crippen molar-refractivity contribution in [1.29, 1.82) is 5.26 Å². The van der Waals surface area contributed by atoms with Crippen molar-refractivity contribution in [2.45, 2.75) is 12.6 Å². The van der Waals surface area contributed by atoms with Crippen LogP contribution in [0.2, 0.25) is 0 Å². The van der Waals surface area contributed by atoms with Gasteiger partial charge in [-0.15, -0.1) is 0 Å². The maximum Gasteiger partial charge on any atom is 0.417 e. The summed E-state index contributed by atoms with van der Waals surface area (Å²) in [4.78, 5) is 3.14. The molecular formula is C9H5F5N2O. The van der Waals surface area contributed by atoms with Crippen LogP contribution < -0.4 is 4.74 Å². The fourth-order valence-corrected chi connectivity index (χ4v) is 1.13. The van der Waals surface area contributed by atoms with Crippen LogP contribution in [0.25, 0.3) is 0 Å². The van der Waals surface area contributed by atoms with E-state index in [1.807, 2.05) is 0 Å². The Morgan fingerprint density at radius 1 is 1.41 bits per heavy atom. The summed E-state index contributed by atoms with van der Waals surface area (Å²) in [5, 5.41) is 8.57. The summed E-state index contributed by atoms with van der Waals surface area (Å²) >= 11 is 0. The van der Waals surface area contributed by atoms with Gasteiger partial charge in [0.1, 0.15) is 17.3 Å². The molecule has 0 amide bonds. The topological polar surface area (TPSA) is 45.9 Å². The normalized spacial score (nSPS) is 11.4. The number of pyridine rings is 1. The first-order valence-corrected chi connectivity index (χ1v) is 4.15. The number of methoxy groups -OCH3 is 1. The molecule has 0 N–H and O–H groups in total. The van der Waals surface area contributed by atoms with Gasteiger partial charge in [0.15, 0.2) is 0 Å². The van der Waals surface area contributed by atoms with E-state index in [1.54, 1.807) is 0 Å². The van der Waals surface area contributed by atoms with Gasteiger partial charge in [-0.3, -0.25) is 0 Å². The molecule has 0 fully saturated rings. The van der Waals surface area contributed by atoms with E-state index in [0.717, 1.165) is 7.11 Å². The molecule has 8 heteroatoms. The molecule has 0 spiro atoms. The number of nitriles is 1. The van der Waals surface area contributed by atoms with Crippen LogP contribution in [0.4, 0.5) is 22.0 Å². The molecule has 0 unspecified atom stereocenters. The van der Waals surface area contributed by atoms with Gasteiger partial charge in [-0.2, -0.15) is 18.4 Å². The van der Waals surface area contributed by atoms with E-state index >= 15 is 0 Å².